The summed E-state index contributed by atoms with van der Waals surface area (Å²) in [6, 6.07) is 4.27. The van der Waals surface area contributed by atoms with Crippen LogP contribution < -0.4 is 4.74 Å². The molecule has 1 aromatic carbocycles. The van der Waals surface area contributed by atoms with Crippen LogP contribution >= 0.6 is 0 Å². The molecular weight excluding hydrogens is 225 g/mol. The lowest BCUT2D eigenvalue weighted by atomic mass is 10.2. The van der Waals surface area contributed by atoms with Gasteiger partial charge in [-0.15, -0.1) is 0 Å². The van der Waals surface area contributed by atoms with Gasteiger partial charge >= 0.3 is 12.1 Å². The van der Waals surface area contributed by atoms with Crippen LogP contribution in [-0.2, 0) is 0 Å². The second-order valence-electron chi connectivity index (χ2n) is 3.11. The number of carboxylic acid groups (broad SMARTS) is 1. The third kappa shape index (κ3) is 2.88. The van der Waals surface area contributed by atoms with Gasteiger partial charge in [0.25, 0.3) is 0 Å². The molecule has 0 aromatic heterocycles. The molecule has 3 nitrogen and oxygen atoms in total. The molecule has 88 valence electrons. The molecule has 1 unspecified atom stereocenters. The van der Waals surface area contributed by atoms with E-state index in [2.05, 4.69) is 4.74 Å². The minimum Gasteiger partial charge on any atom is -0.478 e. The molecule has 0 aliphatic rings. The first-order valence-corrected chi connectivity index (χ1v) is 4.37. The first-order chi connectivity index (χ1) is 7.33. The lowest BCUT2D eigenvalue weighted by Crippen LogP contribution is -2.34. The number of aromatic carboxylic acids is 1. The first kappa shape index (κ1) is 12.4. The van der Waals surface area contributed by atoms with Crippen LogP contribution in [0.4, 0.5) is 13.2 Å². The van der Waals surface area contributed by atoms with E-state index in [9.17, 15) is 18.0 Å². The fourth-order valence-electron chi connectivity index (χ4n) is 0.904. The molecule has 0 aliphatic heterocycles. The highest BCUT2D eigenvalue weighted by molar-refractivity contribution is 5.87. The van der Waals surface area contributed by atoms with Crippen molar-refractivity contribution < 1.29 is 27.8 Å². The van der Waals surface area contributed by atoms with Gasteiger partial charge in [0.15, 0.2) is 0 Å². The number of rotatable bonds is 4. The minimum atomic E-state index is -3.93. The summed E-state index contributed by atoms with van der Waals surface area (Å²) in [5.74, 6) is -1.48. The van der Waals surface area contributed by atoms with Crippen LogP contribution in [0.5, 0.6) is 5.75 Å². The molecule has 0 bridgehead atoms. The van der Waals surface area contributed by atoms with Crippen molar-refractivity contribution in [3.8, 4) is 5.75 Å². The van der Waals surface area contributed by atoms with Crippen LogP contribution in [0.25, 0.3) is 0 Å². The fraction of sp³-hybridized carbons (Fsp3) is 0.300. The highest BCUT2D eigenvalue weighted by Gasteiger charge is 2.39. The molecule has 0 amide bonds. The smallest absolute Gasteiger partial charge is 0.429 e. The Labute approximate surface area is 89.5 Å². The molecule has 0 radical (unpaired) electrons. The average Bonchev–Trinajstić information content (AvgIpc) is 2.17. The average molecular weight is 234 g/mol. The normalized spacial score (nSPS) is 13.2. The zero-order valence-corrected chi connectivity index (χ0v) is 8.28. The Bertz CT molecular complexity index is 373. The summed E-state index contributed by atoms with van der Waals surface area (Å²) in [4.78, 5) is 10.5. The molecule has 0 spiro atoms. The van der Waals surface area contributed by atoms with E-state index in [1.165, 1.54) is 0 Å². The van der Waals surface area contributed by atoms with E-state index in [0.717, 1.165) is 24.3 Å². The number of hydrogen-bond acceptors (Lipinski definition) is 2. The van der Waals surface area contributed by atoms with Crippen molar-refractivity contribution in [1.82, 2.24) is 0 Å². The maximum Gasteiger partial charge on any atom is 0.429 e. The standard InChI is InChI=1S/C10H9F3O3/c1-6(11)10(12,13)16-8-4-2-7(3-5-8)9(14)15/h2-6H,1H3,(H,14,15). The lowest BCUT2D eigenvalue weighted by molar-refractivity contribution is -0.215. The summed E-state index contributed by atoms with van der Waals surface area (Å²) >= 11 is 0. The van der Waals surface area contributed by atoms with Gasteiger partial charge in [0.2, 0.25) is 6.17 Å². The molecule has 0 aliphatic carbocycles. The number of carbonyl (C=O) groups is 1. The van der Waals surface area contributed by atoms with Crippen LogP contribution in [-0.4, -0.2) is 23.4 Å². The number of ether oxygens (including phenoxy) is 1. The van der Waals surface area contributed by atoms with E-state index >= 15 is 0 Å². The molecule has 16 heavy (non-hydrogen) atoms. The van der Waals surface area contributed by atoms with Crippen molar-refractivity contribution in [2.24, 2.45) is 0 Å². The van der Waals surface area contributed by atoms with Crippen LogP contribution in [0, 0.1) is 0 Å². The van der Waals surface area contributed by atoms with E-state index in [-0.39, 0.29) is 11.3 Å². The third-order valence-electron chi connectivity index (χ3n) is 1.82. The largest absolute Gasteiger partial charge is 0.478 e. The highest BCUT2D eigenvalue weighted by Crippen LogP contribution is 2.26. The van der Waals surface area contributed by atoms with E-state index in [1.54, 1.807) is 0 Å². The maximum absolute atomic E-state index is 12.8. The predicted octanol–water partition coefficient (Wildman–Crippen LogP) is 2.71. The summed E-state index contributed by atoms with van der Waals surface area (Å²) in [6.45, 7) is 0.672. The second kappa shape index (κ2) is 4.42. The summed E-state index contributed by atoms with van der Waals surface area (Å²) in [7, 11) is 0. The molecule has 1 rings (SSSR count). The Hall–Kier alpha value is -1.72. The van der Waals surface area contributed by atoms with Gasteiger partial charge in [-0.2, -0.15) is 8.78 Å². The Balaban J connectivity index is 2.80. The van der Waals surface area contributed by atoms with Gasteiger partial charge in [-0.05, 0) is 31.2 Å². The Morgan fingerprint density at radius 2 is 1.88 bits per heavy atom. The van der Waals surface area contributed by atoms with Crippen LogP contribution in [0.15, 0.2) is 24.3 Å². The Kier molecular flexibility index (Phi) is 3.41. The number of carboxylic acids is 1. The van der Waals surface area contributed by atoms with Crippen molar-refractivity contribution in [2.75, 3.05) is 0 Å². The number of benzene rings is 1. The van der Waals surface area contributed by atoms with Crippen molar-refractivity contribution in [3.63, 3.8) is 0 Å². The molecule has 0 saturated carbocycles. The zero-order valence-electron chi connectivity index (χ0n) is 8.28. The molecule has 1 N–H and O–H groups in total. The van der Waals surface area contributed by atoms with E-state index < -0.39 is 18.2 Å². The van der Waals surface area contributed by atoms with E-state index in [4.69, 9.17) is 5.11 Å². The summed E-state index contributed by atoms with van der Waals surface area (Å²) in [5.41, 5.74) is -0.0658. The molecule has 6 heteroatoms. The minimum absolute atomic E-state index is 0.0658. The van der Waals surface area contributed by atoms with Gasteiger partial charge in [0, 0.05) is 0 Å². The van der Waals surface area contributed by atoms with Gasteiger partial charge < -0.3 is 9.84 Å². The summed E-state index contributed by atoms with van der Waals surface area (Å²) in [6.07, 6.45) is -6.38. The molecule has 1 atom stereocenters. The number of halogens is 3. The van der Waals surface area contributed by atoms with Gasteiger partial charge in [0.1, 0.15) is 5.75 Å². The molecule has 0 fully saturated rings. The Morgan fingerprint density at radius 3 is 2.25 bits per heavy atom. The predicted molar refractivity (Wildman–Crippen MR) is 49.5 cm³/mol. The van der Waals surface area contributed by atoms with Crippen molar-refractivity contribution in [1.29, 1.82) is 0 Å². The van der Waals surface area contributed by atoms with Gasteiger partial charge in [-0.3, -0.25) is 0 Å². The summed E-state index contributed by atoms with van der Waals surface area (Å²) < 4.78 is 42.1. The summed E-state index contributed by atoms with van der Waals surface area (Å²) in [5, 5.41) is 8.55. The molecule has 1 aromatic rings. The first-order valence-electron chi connectivity index (χ1n) is 4.37. The SMILES string of the molecule is CC(F)C(F)(F)Oc1ccc(C(=O)O)cc1. The van der Waals surface area contributed by atoms with Crippen LogP contribution in [0.2, 0.25) is 0 Å². The fourth-order valence-corrected chi connectivity index (χ4v) is 0.904. The monoisotopic (exact) mass is 234 g/mol. The number of alkyl halides is 3. The zero-order chi connectivity index (χ0) is 12.3. The molecular formula is C10H9F3O3. The van der Waals surface area contributed by atoms with Crippen molar-refractivity contribution >= 4 is 5.97 Å². The van der Waals surface area contributed by atoms with E-state index in [1.807, 2.05) is 0 Å². The van der Waals surface area contributed by atoms with Crippen LogP contribution in [0.1, 0.15) is 17.3 Å². The second-order valence-corrected chi connectivity index (χ2v) is 3.11. The molecule has 0 saturated heterocycles. The van der Waals surface area contributed by atoms with Crippen LogP contribution in [0.3, 0.4) is 0 Å². The van der Waals surface area contributed by atoms with Gasteiger partial charge in [0.05, 0.1) is 5.56 Å². The van der Waals surface area contributed by atoms with E-state index in [0.29, 0.717) is 6.92 Å². The quantitative estimate of drug-likeness (QED) is 0.871. The van der Waals surface area contributed by atoms with Gasteiger partial charge in [-0.25, -0.2) is 9.18 Å². The number of hydrogen-bond donors (Lipinski definition) is 1. The van der Waals surface area contributed by atoms with Crippen molar-refractivity contribution in [3.05, 3.63) is 29.8 Å². The molecule has 0 heterocycles. The maximum atomic E-state index is 12.8. The topological polar surface area (TPSA) is 46.5 Å². The van der Waals surface area contributed by atoms with Gasteiger partial charge in [-0.1, -0.05) is 0 Å². The lowest BCUT2D eigenvalue weighted by Gasteiger charge is -2.18. The Morgan fingerprint density at radius 1 is 1.38 bits per heavy atom. The van der Waals surface area contributed by atoms with Crippen molar-refractivity contribution in [2.45, 2.75) is 19.2 Å². The third-order valence-corrected chi connectivity index (χ3v) is 1.82. The highest BCUT2D eigenvalue weighted by atomic mass is 19.3.